The number of nitro groups is 1. The highest BCUT2D eigenvalue weighted by Gasteiger charge is 2.33. The third-order valence-corrected chi connectivity index (χ3v) is 5.76. The Balaban J connectivity index is 1.50. The standard InChI is InChI=1S/C20H24N6O5/c1-14-18(21-22-25(14)16-5-2-6-17(12-16)26(29)30)20(28)24-7-3-4-15(13-24)19(27)23-8-10-31-11-9-23/h2,5-6,12,15H,3-4,7-11,13H2,1H3. The molecule has 2 aromatic rings. The van der Waals surface area contributed by atoms with Crippen LogP contribution in [0.2, 0.25) is 0 Å². The maximum absolute atomic E-state index is 13.1. The summed E-state index contributed by atoms with van der Waals surface area (Å²) in [5.74, 6) is -0.450. The van der Waals surface area contributed by atoms with Gasteiger partial charge in [-0.1, -0.05) is 11.3 Å². The van der Waals surface area contributed by atoms with Gasteiger partial charge in [-0.05, 0) is 25.8 Å². The van der Waals surface area contributed by atoms with Crippen LogP contribution in [0.25, 0.3) is 5.69 Å². The molecule has 11 nitrogen and oxygen atoms in total. The molecule has 3 heterocycles. The van der Waals surface area contributed by atoms with Crippen molar-refractivity contribution >= 4 is 17.5 Å². The fourth-order valence-electron chi connectivity index (χ4n) is 4.07. The number of likely N-dealkylation sites (tertiary alicyclic amines) is 1. The lowest BCUT2D eigenvalue weighted by Crippen LogP contribution is -2.49. The third-order valence-electron chi connectivity index (χ3n) is 5.76. The monoisotopic (exact) mass is 428 g/mol. The first-order chi connectivity index (χ1) is 15.0. The Labute approximate surface area is 178 Å². The van der Waals surface area contributed by atoms with Crippen LogP contribution in [0.15, 0.2) is 24.3 Å². The average molecular weight is 428 g/mol. The first-order valence-electron chi connectivity index (χ1n) is 10.3. The Bertz CT molecular complexity index is 1000. The molecule has 2 saturated heterocycles. The minimum absolute atomic E-state index is 0.0674. The number of non-ortho nitro benzene ring substituents is 1. The molecule has 2 amide bonds. The normalized spacial score (nSPS) is 19.3. The molecule has 1 unspecified atom stereocenters. The first kappa shape index (κ1) is 20.9. The first-order valence-corrected chi connectivity index (χ1v) is 10.3. The van der Waals surface area contributed by atoms with E-state index in [0.29, 0.717) is 50.8 Å². The van der Waals surface area contributed by atoms with Gasteiger partial charge in [-0.25, -0.2) is 4.68 Å². The zero-order chi connectivity index (χ0) is 22.0. The van der Waals surface area contributed by atoms with Crippen LogP contribution in [-0.2, 0) is 9.53 Å². The molecule has 164 valence electrons. The Morgan fingerprint density at radius 2 is 1.97 bits per heavy atom. The lowest BCUT2D eigenvalue weighted by atomic mass is 9.96. The summed E-state index contributed by atoms with van der Waals surface area (Å²) < 4.78 is 6.73. The van der Waals surface area contributed by atoms with Crippen molar-refractivity contribution in [2.24, 2.45) is 5.92 Å². The second-order valence-electron chi connectivity index (χ2n) is 7.74. The van der Waals surface area contributed by atoms with Crippen molar-refractivity contribution in [1.82, 2.24) is 24.8 Å². The van der Waals surface area contributed by atoms with Crippen molar-refractivity contribution in [3.05, 3.63) is 45.8 Å². The quantitative estimate of drug-likeness (QED) is 0.529. The van der Waals surface area contributed by atoms with Crippen molar-refractivity contribution in [2.75, 3.05) is 39.4 Å². The molecule has 0 saturated carbocycles. The molecule has 0 spiro atoms. The van der Waals surface area contributed by atoms with Gasteiger partial charge in [-0.15, -0.1) is 5.10 Å². The fourth-order valence-corrected chi connectivity index (χ4v) is 4.07. The number of rotatable bonds is 4. The van der Waals surface area contributed by atoms with E-state index in [1.807, 2.05) is 4.90 Å². The van der Waals surface area contributed by atoms with E-state index in [-0.39, 0.29) is 29.1 Å². The number of nitro benzene ring substituents is 1. The number of amides is 2. The second kappa shape index (κ2) is 8.80. The van der Waals surface area contributed by atoms with Crippen LogP contribution in [-0.4, -0.2) is 80.9 Å². The molecule has 2 aliphatic rings. The molecule has 0 N–H and O–H groups in total. The van der Waals surface area contributed by atoms with Crippen LogP contribution in [0.3, 0.4) is 0 Å². The van der Waals surface area contributed by atoms with Gasteiger partial charge in [0.05, 0.1) is 35.4 Å². The number of hydrogen-bond donors (Lipinski definition) is 0. The number of piperidine rings is 1. The maximum Gasteiger partial charge on any atom is 0.276 e. The predicted molar refractivity (Wildman–Crippen MR) is 109 cm³/mol. The van der Waals surface area contributed by atoms with Gasteiger partial charge in [0.25, 0.3) is 11.6 Å². The highest BCUT2D eigenvalue weighted by atomic mass is 16.6. The zero-order valence-electron chi connectivity index (χ0n) is 17.3. The van der Waals surface area contributed by atoms with Gasteiger partial charge < -0.3 is 14.5 Å². The van der Waals surface area contributed by atoms with E-state index >= 15 is 0 Å². The van der Waals surface area contributed by atoms with Crippen LogP contribution in [0.1, 0.15) is 29.0 Å². The van der Waals surface area contributed by atoms with Crippen molar-refractivity contribution in [2.45, 2.75) is 19.8 Å². The number of ether oxygens (including phenoxy) is 1. The summed E-state index contributed by atoms with van der Waals surface area (Å²) >= 11 is 0. The van der Waals surface area contributed by atoms with Gasteiger partial charge >= 0.3 is 0 Å². The highest BCUT2D eigenvalue weighted by Crippen LogP contribution is 2.23. The summed E-state index contributed by atoms with van der Waals surface area (Å²) in [6.07, 6.45) is 1.49. The SMILES string of the molecule is Cc1c(C(=O)N2CCCC(C(=O)N3CCOCC3)C2)nnn1-c1cccc([N+](=O)[O-])c1. The van der Waals surface area contributed by atoms with E-state index in [4.69, 9.17) is 4.74 Å². The molecule has 2 fully saturated rings. The lowest BCUT2D eigenvalue weighted by molar-refractivity contribution is -0.384. The summed E-state index contributed by atoms with van der Waals surface area (Å²) in [4.78, 5) is 40.0. The summed E-state index contributed by atoms with van der Waals surface area (Å²) in [7, 11) is 0. The van der Waals surface area contributed by atoms with Crippen LogP contribution in [0, 0.1) is 23.0 Å². The summed E-state index contributed by atoms with van der Waals surface area (Å²) in [5, 5.41) is 19.1. The maximum atomic E-state index is 13.1. The predicted octanol–water partition coefficient (Wildman–Crippen LogP) is 1.19. The molecule has 1 aromatic heterocycles. The fraction of sp³-hybridized carbons (Fsp3) is 0.500. The topological polar surface area (TPSA) is 124 Å². The van der Waals surface area contributed by atoms with E-state index < -0.39 is 4.92 Å². The summed E-state index contributed by atoms with van der Waals surface area (Å²) in [5.41, 5.74) is 1.07. The number of carbonyl (C=O) groups is 2. The third kappa shape index (κ3) is 4.26. The minimum atomic E-state index is -0.485. The number of hydrogen-bond acceptors (Lipinski definition) is 7. The minimum Gasteiger partial charge on any atom is -0.378 e. The largest absolute Gasteiger partial charge is 0.378 e. The molecular weight excluding hydrogens is 404 g/mol. The lowest BCUT2D eigenvalue weighted by Gasteiger charge is -2.36. The van der Waals surface area contributed by atoms with E-state index in [1.165, 1.54) is 16.8 Å². The Hall–Kier alpha value is -3.34. The van der Waals surface area contributed by atoms with Crippen LogP contribution in [0.4, 0.5) is 5.69 Å². The van der Waals surface area contributed by atoms with Crippen molar-refractivity contribution < 1.29 is 19.2 Å². The number of morpholine rings is 1. The average Bonchev–Trinajstić information content (AvgIpc) is 3.20. The van der Waals surface area contributed by atoms with Crippen molar-refractivity contribution in [3.63, 3.8) is 0 Å². The van der Waals surface area contributed by atoms with Gasteiger partial charge in [0, 0.05) is 38.3 Å². The second-order valence-corrected chi connectivity index (χ2v) is 7.74. The van der Waals surface area contributed by atoms with E-state index in [1.54, 1.807) is 24.0 Å². The molecule has 31 heavy (non-hydrogen) atoms. The summed E-state index contributed by atoms with van der Waals surface area (Å²) in [6, 6.07) is 6.00. The van der Waals surface area contributed by atoms with E-state index in [0.717, 1.165) is 12.8 Å². The van der Waals surface area contributed by atoms with Crippen molar-refractivity contribution in [3.8, 4) is 5.69 Å². The molecule has 11 heteroatoms. The van der Waals surface area contributed by atoms with Gasteiger partial charge in [0.2, 0.25) is 5.91 Å². The van der Waals surface area contributed by atoms with Gasteiger partial charge in [-0.3, -0.25) is 19.7 Å². The molecule has 1 atom stereocenters. The number of benzene rings is 1. The molecule has 0 aliphatic carbocycles. The Morgan fingerprint density at radius 3 is 2.71 bits per heavy atom. The number of carbonyl (C=O) groups excluding carboxylic acids is 2. The summed E-state index contributed by atoms with van der Waals surface area (Å²) in [6.45, 7) is 4.85. The van der Waals surface area contributed by atoms with E-state index in [2.05, 4.69) is 10.3 Å². The zero-order valence-corrected chi connectivity index (χ0v) is 17.3. The van der Waals surface area contributed by atoms with E-state index in [9.17, 15) is 19.7 Å². The molecule has 0 radical (unpaired) electrons. The smallest absolute Gasteiger partial charge is 0.276 e. The molecule has 2 aliphatic heterocycles. The van der Waals surface area contributed by atoms with Gasteiger partial charge in [-0.2, -0.15) is 0 Å². The Morgan fingerprint density at radius 1 is 1.19 bits per heavy atom. The number of aromatic nitrogens is 3. The van der Waals surface area contributed by atoms with Crippen LogP contribution < -0.4 is 0 Å². The molecule has 1 aromatic carbocycles. The molecule has 4 rings (SSSR count). The molecular formula is C20H24N6O5. The van der Waals surface area contributed by atoms with Crippen LogP contribution in [0.5, 0.6) is 0 Å². The van der Waals surface area contributed by atoms with Crippen LogP contribution >= 0.6 is 0 Å². The molecule has 0 bridgehead atoms. The van der Waals surface area contributed by atoms with Gasteiger partial charge in [0.1, 0.15) is 0 Å². The van der Waals surface area contributed by atoms with Gasteiger partial charge in [0.15, 0.2) is 5.69 Å². The Kier molecular flexibility index (Phi) is 5.94. The van der Waals surface area contributed by atoms with Crippen molar-refractivity contribution in [1.29, 1.82) is 0 Å². The highest BCUT2D eigenvalue weighted by molar-refractivity contribution is 5.94. The number of nitrogens with zero attached hydrogens (tertiary/aromatic N) is 6.